The van der Waals surface area contributed by atoms with Gasteiger partial charge in [0.1, 0.15) is 0 Å². The van der Waals surface area contributed by atoms with E-state index in [4.69, 9.17) is 0 Å². The topological polar surface area (TPSA) is 0 Å². The summed E-state index contributed by atoms with van der Waals surface area (Å²) < 4.78 is 0. The summed E-state index contributed by atoms with van der Waals surface area (Å²) >= 11 is 3.92. The van der Waals surface area contributed by atoms with Crippen molar-refractivity contribution in [3.8, 4) is 0 Å². The van der Waals surface area contributed by atoms with Crippen LogP contribution in [0.5, 0.6) is 0 Å². The fraction of sp³-hybridized carbons (Fsp3) is 0. The van der Waals surface area contributed by atoms with E-state index in [0.717, 1.165) is 0 Å². The van der Waals surface area contributed by atoms with Gasteiger partial charge in [0.2, 0.25) is 0 Å². The quantitative estimate of drug-likeness (QED) is 0.378. The molecule has 0 spiro atoms. The molecule has 0 atom stereocenters. The van der Waals surface area contributed by atoms with Gasteiger partial charge in [0.25, 0.3) is 0 Å². The minimum Gasteiger partial charge on any atom is 0 e. The summed E-state index contributed by atoms with van der Waals surface area (Å²) in [6.07, 6.45) is 0. The van der Waals surface area contributed by atoms with Crippen molar-refractivity contribution in [1.29, 1.82) is 0 Å². The van der Waals surface area contributed by atoms with Gasteiger partial charge in [-0.15, -0.1) is 0 Å². The SMILES string of the molecule is [IH+][IH+].[V].[V]. The van der Waals surface area contributed by atoms with E-state index in [1.54, 1.807) is 0 Å². The number of hydrogen-bond acceptors (Lipinski definition) is 0. The monoisotopic (exact) mass is 358 g/mol. The van der Waals surface area contributed by atoms with Gasteiger partial charge < -0.3 is 0 Å². The summed E-state index contributed by atoms with van der Waals surface area (Å²) in [5, 5.41) is 0. The van der Waals surface area contributed by atoms with E-state index in [-0.39, 0.29) is 37.1 Å². The first-order chi connectivity index (χ1) is 1.00. The van der Waals surface area contributed by atoms with Crippen molar-refractivity contribution in [1.82, 2.24) is 0 Å². The maximum atomic E-state index is 1.96. The molecule has 0 aliphatic carbocycles. The Bertz CT molecular complexity index is 4.00. The van der Waals surface area contributed by atoms with Crippen LogP contribution in [0.2, 0.25) is 0 Å². The Morgan fingerprint density at radius 3 is 0.750 bits per heavy atom. The van der Waals surface area contributed by atoms with Crippen LogP contribution < -0.4 is 37.2 Å². The zero-order valence-electron chi connectivity index (χ0n) is 1.71. The zero-order chi connectivity index (χ0) is 2.00. The minimum atomic E-state index is 0. The second-order valence-electron chi connectivity index (χ2n) is 0. The van der Waals surface area contributed by atoms with Gasteiger partial charge in [-0.2, -0.15) is 0 Å². The Kier molecular flexibility index (Phi) is 69.6. The Balaban J connectivity index is -0.00000000500. The average Bonchev–Trinajstić information content (AvgIpc) is 1.00. The van der Waals surface area contributed by atoms with Gasteiger partial charge >= 0.3 is 37.2 Å². The second-order valence-corrected chi connectivity index (χ2v) is 0. The van der Waals surface area contributed by atoms with E-state index in [0.29, 0.717) is 0 Å². The van der Waals surface area contributed by atoms with Crippen LogP contribution in [0.3, 0.4) is 0 Å². The molecular formula is H2I2V2+2. The van der Waals surface area contributed by atoms with Gasteiger partial charge in [0.05, 0.1) is 0 Å². The Hall–Kier alpha value is 2.63. The molecule has 0 unspecified atom stereocenters. The Labute approximate surface area is 73.0 Å². The van der Waals surface area contributed by atoms with Gasteiger partial charge in [0.15, 0.2) is 0 Å². The van der Waals surface area contributed by atoms with E-state index in [2.05, 4.69) is 0 Å². The summed E-state index contributed by atoms with van der Waals surface area (Å²) in [5.41, 5.74) is 0. The fourth-order valence-corrected chi connectivity index (χ4v) is 0. The molecule has 0 aliphatic rings. The van der Waals surface area contributed by atoms with E-state index in [1.165, 1.54) is 0 Å². The molecule has 0 bridgehead atoms. The largest absolute Gasteiger partial charge is 0.553 e. The van der Waals surface area contributed by atoms with Crippen molar-refractivity contribution in [2.75, 3.05) is 0 Å². The minimum absolute atomic E-state index is 0. The first-order valence-electron chi connectivity index (χ1n) is 0.167. The molecule has 0 heterocycles. The molecule has 0 aromatic heterocycles. The van der Waals surface area contributed by atoms with Gasteiger partial charge in [-0.1, -0.05) is 0 Å². The molecule has 0 fully saturated rings. The number of hydrogen-bond donors (Lipinski definition) is 0. The molecule has 0 N–H and O–H groups in total. The molecule has 0 saturated carbocycles. The van der Waals surface area contributed by atoms with Crippen LogP contribution in [0, 0.1) is 0 Å². The van der Waals surface area contributed by atoms with Crippen molar-refractivity contribution in [3.63, 3.8) is 0 Å². The molecular weight excluding hydrogens is 356 g/mol. The maximum Gasteiger partial charge on any atom is 0.553 e. The molecule has 4 heteroatoms. The molecule has 0 nitrogen and oxygen atoms in total. The van der Waals surface area contributed by atoms with Crippen molar-refractivity contribution < 1.29 is 74.3 Å². The van der Waals surface area contributed by atoms with Crippen molar-refractivity contribution in [2.24, 2.45) is 0 Å². The van der Waals surface area contributed by atoms with Crippen LogP contribution >= 0.6 is 0 Å². The van der Waals surface area contributed by atoms with Gasteiger partial charge in [-0.05, 0) is 0 Å². The molecule has 0 amide bonds. The first kappa shape index (κ1) is 15.9. The van der Waals surface area contributed by atoms with Crippen LogP contribution in [-0.4, -0.2) is 0 Å². The third kappa shape index (κ3) is 8.82. The van der Waals surface area contributed by atoms with Crippen molar-refractivity contribution >= 4 is 0 Å². The van der Waals surface area contributed by atoms with Crippen LogP contribution in [0.1, 0.15) is 0 Å². The van der Waals surface area contributed by atoms with Crippen LogP contribution in [0.25, 0.3) is 0 Å². The molecule has 2 radical (unpaired) electrons. The summed E-state index contributed by atoms with van der Waals surface area (Å²) in [6.45, 7) is 0. The summed E-state index contributed by atoms with van der Waals surface area (Å²) in [6, 6.07) is 0. The molecule has 0 saturated heterocycles. The third-order valence-corrected chi connectivity index (χ3v) is 0. The molecule has 0 rings (SSSR count). The van der Waals surface area contributed by atoms with Crippen LogP contribution in [-0.2, 0) is 37.1 Å². The molecule has 0 aliphatic heterocycles. The third-order valence-electron chi connectivity index (χ3n) is 0. The van der Waals surface area contributed by atoms with Gasteiger partial charge in [0, 0.05) is 37.1 Å². The second kappa shape index (κ2) is 17.5. The maximum absolute atomic E-state index is 1.96. The van der Waals surface area contributed by atoms with Gasteiger partial charge in [-0.3, -0.25) is 0 Å². The summed E-state index contributed by atoms with van der Waals surface area (Å²) in [7, 11) is 0. The average molecular weight is 358 g/mol. The molecule has 0 aromatic rings. The fourth-order valence-electron chi connectivity index (χ4n) is 0. The van der Waals surface area contributed by atoms with E-state index < -0.39 is 0 Å². The van der Waals surface area contributed by atoms with Crippen LogP contribution in [0.15, 0.2) is 0 Å². The van der Waals surface area contributed by atoms with Gasteiger partial charge in [-0.25, -0.2) is 0 Å². The summed E-state index contributed by atoms with van der Waals surface area (Å²) in [5.74, 6) is 0. The zero-order valence-corrected chi connectivity index (χ0v) is 9.17. The number of rotatable bonds is 0. The molecule has 24 valence electrons. The standard InChI is InChI=1S/H2I2.2V/c1-2;;/h1-2H;;/q+2;;. The number of halogens is 2. The molecule has 4 heavy (non-hydrogen) atoms. The van der Waals surface area contributed by atoms with E-state index >= 15 is 0 Å². The first-order valence-corrected chi connectivity index (χ1v) is 7.50. The predicted molar refractivity (Wildman–Crippen MR) is 2.79 cm³/mol. The Morgan fingerprint density at radius 2 is 0.750 bits per heavy atom. The normalized spacial score (nSPS) is 1.50. The Morgan fingerprint density at radius 1 is 0.750 bits per heavy atom. The van der Waals surface area contributed by atoms with Crippen molar-refractivity contribution in [2.45, 2.75) is 0 Å². The summed E-state index contributed by atoms with van der Waals surface area (Å²) in [4.78, 5) is 0. The smallest absolute Gasteiger partial charge is 0 e. The van der Waals surface area contributed by atoms with Crippen molar-refractivity contribution in [3.05, 3.63) is 0 Å². The van der Waals surface area contributed by atoms with E-state index in [9.17, 15) is 0 Å². The van der Waals surface area contributed by atoms with Crippen LogP contribution in [0.4, 0.5) is 0 Å². The molecule has 0 aromatic carbocycles. The predicted octanol–water partition coefficient (Wildman–Crippen LogP) is -6.53. The van der Waals surface area contributed by atoms with E-state index in [1.807, 2.05) is 37.2 Å².